The number of hydrogen-bond acceptors (Lipinski definition) is 5. The lowest BCUT2D eigenvalue weighted by atomic mass is 10.1. The second-order valence-electron chi connectivity index (χ2n) is 7.03. The maximum atomic E-state index is 13.0. The van der Waals surface area contributed by atoms with E-state index in [1.807, 2.05) is 36.1 Å². The molecule has 3 rings (SSSR count). The molecule has 6 nitrogen and oxygen atoms in total. The highest BCUT2D eigenvalue weighted by Crippen LogP contribution is 2.18. The van der Waals surface area contributed by atoms with Crippen molar-refractivity contribution < 1.29 is 4.79 Å². The van der Waals surface area contributed by atoms with Gasteiger partial charge < -0.3 is 15.5 Å². The van der Waals surface area contributed by atoms with Gasteiger partial charge in [0.25, 0.3) is 5.91 Å². The normalized spacial score (nSPS) is 15.3. The van der Waals surface area contributed by atoms with Crippen molar-refractivity contribution in [3.8, 4) is 11.4 Å². The van der Waals surface area contributed by atoms with E-state index in [0.29, 0.717) is 23.8 Å². The Morgan fingerprint density at radius 2 is 1.96 bits per heavy atom. The van der Waals surface area contributed by atoms with E-state index in [9.17, 15) is 4.79 Å². The number of nitrogen functional groups attached to an aromatic ring is 1. The van der Waals surface area contributed by atoms with Gasteiger partial charge in [0.2, 0.25) is 0 Å². The average molecular weight is 367 g/mol. The van der Waals surface area contributed by atoms with E-state index in [1.165, 1.54) is 25.7 Å². The van der Waals surface area contributed by atoms with Crippen LogP contribution in [-0.4, -0.2) is 58.4 Å². The third-order valence-electron chi connectivity index (χ3n) is 5.10. The molecule has 0 saturated carbocycles. The molecule has 2 aromatic rings. The highest BCUT2D eigenvalue weighted by Gasteiger charge is 2.17. The number of anilines is 1. The summed E-state index contributed by atoms with van der Waals surface area (Å²) in [6.07, 6.45) is 6.81. The van der Waals surface area contributed by atoms with Gasteiger partial charge in [-0.25, -0.2) is 9.97 Å². The van der Waals surface area contributed by atoms with E-state index in [4.69, 9.17) is 5.73 Å². The second-order valence-corrected chi connectivity index (χ2v) is 7.03. The smallest absolute Gasteiger partial charge is 0.253 e. The standard InChI is InChI=1S/C21H29N5O/c1-2-26(15-14-25-12-5-3-4-6-13-25)21(27)18-9-7-8-17(16-18)20-23-11-10-19(22)24-20/h7-11,16H,2-6,12-15H2,1H3,(H2,22,23,24). The number of benzene rings is 1. The maximum Gasteiger partial charge on any atom is 0.253 e. The Labute approximate surface area is 161 Å². The van der Waals surface area contributed by atoms with Crippen molar-refractivity contribution in [1.82, 2.24) is 19.8 Å². The zero-order valence-electron chi connectivity index (χ0n) is 16.1. The fourth-order valence-corrected chi connectivity index (χ4v) is 3.51. The molecule has 0 aliphatic carbocycles. The van der Waals surface area contributed by atoms with Crippen molar-refractivity contribution in [3.63, 3.8) is 0 Å². The summed E-state index contributed by atoms with van der Waals surface area (Å²) in [5.74, 6) is 1.01. The SMILES string of the molecule is CCN(CCN1CCCCCC1)C(=O)c1cccc(-c2nccc(N)n2)c1. The molecule has 1 aliphatic heterocycles. The molecule has 0 bridgehead atoms. The molecule has 6 heteroatoms. The van der Waals surface area contributed by atoms with Crippen LogP contribution < -0.4 is 5.73 Å². The lowest BCUT2D eigenvalue weighted by Crippen LogP contribution is -2.39. The van der Waals surface area contributed by atoms with Crippen molar-refractivity contribution in [2.75, 3.05) is 38.5 Å². The van der Waals surface area contributed by atoms with E-state index >= 15 is 0 Å². The Balaban J connectivity index is 1.68. The monoisotopic (exact) mass is 367 g/mol. The first-order valence-corrected chi connectivity index (χ1v) is 9.88. The molecule has 1 fully saturated rings. The van der Waals surface area contributed by atoms with Crippen LogP contribution in [0.15, 0.2) is 36.5 Å². The number of likely N-dealkylation sites (N-methyl/N-ethyl adjacent to an activating group) is 1. The molecule has 2 heterocycles. The molecule has 2 N–H and O–H groups in total. The van der Waals surface area contributed by atoms with E-state index in [2.05, 4.69) is 14.9 Å². The number of likely N-dealkylation sites (tertiary alicyclic amines) is 1. The quantitative estimate of drug-likeness (QED) is 0.849. The molecule has 0 atom stereocenters. The predicted molar refractivity (Wildman–Crippen MR) is 108 cm³/mol. The van der Waals surface area contributed by atoms with Gasteiger partial charge in [-0.1, -0.05) is 25.0 Å². The maximum absolute atomic E-state index is 13.0. The van der Waals surface area contributed by atoms with Crippen molar-refractivity contribution in [1.29, 1.82) is 0 Å². The molecule has 1 aliphatic rings. The number of carbonyl (C=O) groups is 1. The van der Waals surface area contributed by atoms with Gasteiger partial charge in [0.05, 0.1) is 0 Å². The van der Waals surface area contributed by atoms with E-state index in [-0.39, 0.29) is 5.91 Å². The lowest BCUT2D eigenvalue weighted by molar-refractivity contribution is 0.0745. The summed E-state index contributed by atoms with van der Waals surface area (Å²) in [4.78, 5) is 25.9. The number of hydrogen-bond donors (Lipinski definition) is 1. The molecular formula is C21H29N5O. The number of nitrogens with zero attached hydrogens (tertiary/aromatic N) is 4. The van der Waals surface area contributed by atoms with Crippen LogP contribution >= 0.6 is 0 Å². The van der Waals surface area contributed by atoms with Gasteiger partial charge in [0, 0.05) is 37.0 Å². The summed E-state index contributed by atoms with van der Waals surface area (Å²) in [7, 11) is 0. The summed E-state index contributed by atoms with van der Waals surface area (Å²) in [5, 5.41) is 0. The van der Waals surface area contributed by atoms with E-state index in [0.717, 1.165) is 31.7 Å². The highest BCUT2D eigenvalue weighted by atomic mass is 16.2. The van der Waals surface area contributed by atoms with Gasteiger partial charge in [0.1, 0.15) is 5.82 Å². The van der Waals surface area contributed by atoms with Crippen LogP contribution in [0.4, 0.5) is 5.82 Å². The molecule has 144 valence electrons. The average Bonchev–Trinajstić information content (AvgIpc) is 2.97. The third-order valence-corrected chi connectivity index (χ3v) is 5.10. The van der Waals surface area contributed by atoms with Gasteiger partial charge in [-0.2, -0.15) is 0 Å². The molecule has 0 radical (unpaired) electrons. The minimum Gasteiger partial charge on any atom is -0.384 e. The minimum absolute atomic E-state index is 0.0538. The summed E-state index contributed by atoms with van der Waals surface area (Å²) in [6, 6.07) is 9.13. The molecule has 1 aromatic heterocycles. The Bertz CT molecular complexity index is 756. The van der Waals surface area contributed by atoms with Gasteiger partial charge in [-0.3, -0.25) is 4.79 Å². The van der Waals surface area contributed by atoms with Crippen molar-refractivity contribution in [2.45, 2.75) is 32.6 Å². The summed E-state index contributed by atoms with van der Waals surface area (Å²) >= 11 is 0. The Kier molecular flexibility index (Phi) is 6.76. The zero-order valence-corrected chi connectivity index (χ0v) is 16.1. The van der Waals surface area contributed by atoms with E-state index < -0.39 is 0 Å². The fraction of sp³-hybridized carbons (Fsp3) is 0.476. The van der Waals surface area contributed by atoms with Crippen LogP contribution in [0.25, 0.3) is 11.4 Å². The number of rotatable bonds is 6. The van der Waals surface area contributed by atoms with E-state index in [1.54, 1.807) is 12.3 Å². The number of carbonyl (C=O) groups excluding carboxylic acids is 1. The number of aromatic nitrogens is 2. The topological polar surface area (TPSA) is 75.3 Å². The molecular weight excluding hydrogens is 338 g/mol. The summed E-state index contributed by atoms with van der Waals surface area (Å²) < 4.78 is 0. The van der Waals surface area contributed by atoms with Crippen LogP contribution in [0.2, 0.25) is 0 Å². The lowest BCUT2D eigenvalue weighted by Gasteiger charge is -2.26. The fourth-order valence-electron chi connectivity index (χ4n) is 3.51. The minimum atomic E-state index is 0.0538. The molecule has 1 saturated heterocycles. The summed E-state index contributed by atoms with van der Waals surface area (Å²) in [6.45, 7) is 6.73. The number of amides is 1. The summed E-state index contributed by atoms with van der Waals surface area (Å²) in [5.41, 5.74) is 7.22. The Hall–Kier alpha value is -2.47. The predicted octanol–water partition coefficient (Wildman–Crippen LogP) is 3.06. The van der Waals surface area contributed by atoms with Crippen LogP contribution in [0.5, 0.6) is 0 Å². The number of nitrogens with two attached hydrogens (primary N) is 1. The molecule has 27 heavy (non-hydrogen) atoms. The van der Waals surface area contributed by atoms with Crippen molar-refractivity contribution in [3.05, 3.63) is 42.1 Å². The largest absolute Gasteiger partial charge is 0.384 e. The first kappa shape index (κ1) is 19.3. The van der Waals surface area contributed by atoms with Crippen LogP contribution in [-0.2, 0) is 0 Å². The van der Waals surface area contributed by atoms with Gasteiger partial charge in [-0.15, -0.1) is 0 Å². The molecule has 0 spiro atoms. The molecule has 1 aromatic carbocycles. The highest BCUT2D eigenvalue weighted by molar-refractivity contribution is 5.95. The molecule has 1 amide bonds. The first-order valence-electron chi connectivity index (χ1n) is 9.88. The second kappa shape index (κ2) is 9.46. The Morgan fingerprint density at radius 3 is 2.67 bits per heavy atom. The van der Waals surface area contributed by atoms with Crippen LogP contribution in [0.1, 0.15) is 43.0 Å². The van der Waals surface area contributed by atoms with Crippen LogP contribution in [0.3, 0.4) is 0 Å². The van der Waals surface area contributed by atoms with Crippen molar-refractivity contribution in [2.24, 2.45) is 0 Å². The Morgan fingerprint density at radius 1 is 1.19 bits per heavy atom. The third kappa shape index (κ3) is 5.26. The van der Waals surface area contributed by atoms with Crippen LogP contribution in [0, 0.1) is 0 Å². The van der Waals surface area contributed by atoms with Gasteiger partial charge in [0.15, 0.2) is 5.82 Å². The molecule has 0 unspecified atom stereocenters. The van der Waals surface area contributed by atoms with Gasteiger partial charge in [-0.05, 0) is 51.1 Å². The van der Waals surface area contributed by atoms with Gasteiger partial charge >= 0.3 is 0 Å². The zero-order chi connectivity index (χ0) is 19.1. The first-order chi connectivity index (χ1) is 13.2. The van der Waals surface area contributed by atoms with Crippen molar-refractivity contribution >= 4 is 11.7 Å².